The Morgan fingerprint density at radius 1 is 1.47 bits per heavy atom. The molecule has 0 spiro atoms. The standard InChI is InChI=1S/C11H10ClN3O3S/c12-7-3-4-8(9(5-7)15(17)18)13-11(19)14-10(16)6-1-2-6/h3-6H,1-2H2,(H2,13,14,16,19). The topological polar surface area (TPSA) is 84.3 Å². The van der Waals surface area contributed by atoms with Crippen LogP contribution in [0.3, 0.4) is 0 Å². The summed E-state index contributed by atoms with van der Waals surface area (Å²) in [5, 5.41) is 16.3. The minimum atomic E-state index is -0.570. The Hall–Kier alpha value is -1.73. The monoisotopic (exact) mass is 299 g/mol. The molecule has 100 valence electrons. The van der Waals surface area contributed by atoms with Gasteiger partial charge in [-0.3, -0.25) is 14.9 Å². The summed E-state index contributed by atoms with van der Waals surface area (Å²) in [5.74, 6) is -0.144. The lowest BCUT2D eigenvalue weighted by atomic mass is 10.2. The van der Waals surface area contributed by atoms with Crippen molar-refractivity contribution in [1.29, 1.82) is 0 Å². The highest BCUT2D eigenvalue weighted by Crippen LogP contribution is 2.29. The van der Waals surface area contributed by atoms with Crippen molar-refractivity contribution in [1.82, 2.24) is 5.32 Å². The number of thiocarbonyl (C=S) groups is 1. The lowest BCUT2D eigenvalue weighted by Gasteiger charge is -2.09. The number of halogens is 1. The van der Waals surface area contributed by atoms with Gasteiger partial charge in [0.25, 0.3) is 5.69 Å². The molecular formula is C11H10ClN3O3S. The zero-order valence-electron chi connectivity index (χ0n) is 9.68. The lowest BCUT2D eigenvalue weighted by molar-refractivity contribution is -0.383. The van der Waals surface area contributed by atoms with Crippen molar-refractivity contribution < 1.29 is 9.72 Å². The van der Waals surface area contributed by atoms with Crippen LogP contribution >= 0.6 is 23.8 Å². The maximum absolute atomic E-state index is 11.5. The smallest absolute Gasteiger partial charge is 0.294 e. The van der Waals surface area contributed by atoms with E-state index in [-0.39, 0.29) is 33.3 Å². The number of carbonyl (C=O) groups is 1. The number of hydrogen-bond donors (Lipinski definition) is 2. The number of nitrogens with one attached hydrogen (secondary N) is 2. The van der Waals surface area contributed by atoms with Crippen molar-refractivity contribution in [3.05, 3.63) is 33.3 Å². The van der Waals surface area contributed by atoms with Gasteiger partial charge in [-0.25, -0.2) is 0 Å². The number of hydrogen-bond acceptors (Lipinski definition) is 4. The number of nitro benzene ring substituents is 1. The fourth-order valence-electron chi connectivity index (χ4n) is 1.47. The van der Waals surface area contributed by atoms with E-state index in [4.69, 9.17) is 23.8 Å². The molecule has 0 radical (unpaired) electrons. The summed E-state index contributed by atoms with van der Waals surface area (Å²) >= 11 is 10.6. The van der Waals surface area contributed by atoms with Crippen molar-refractivity contribution in [3.8, 4) is 0 Å². The molecule has 0 aromatic heterocycles. The summed E-state index contributed by atoms with van der Waals surface area (Å²) in [5.41, 5.74) is -0.00832. The molecule has 1 saturated carbocycles. The van der Waals surface area contributed by atoms with Crippen molar-refractivity contribution >= 4 is 46.2 Å². The van der Waals surface area contributed by atoms with Crippen LogP contribution in [0.4, 0.5) is 11.4 Å². The van der Waals surface area contributed by atoms with Gasteiger partial charge in [-0.15, -0.1) is 0 Å². The Balaban J connectivity index is 2.07. The largest absolute Gasteiger partial charge is 0.327 e. The van der Waals surface area contributed by atoms with Crippen LogP contribution in [0, 0.1) is 16.0 Å². The second kappa shape index (κ2) is 5.50. The normalized spacial score (nSPS) is 13.7. The number of nitrogens with zero attached hydrogens (tertiary/aromatic N) is 1. The molecule has 2 N–H and O–H groups in total. The van der Waals surface area contributed by atoms with Gasteiger partial charge in [-0.05, 0) is 37.2 Å². The van der Waals surface area contributed by atoms with Crippen LogP contribution in [0.2, 0.25) is 5.02 Å². The van der Waals surface area contributed by atoms with Crippen LogP contribution in [0.5, 0.6) is 0 Å². The molecular weight excluding hydrogens is 290 g/mol. The van der Waals surface area contributed by atoms with Gasteiger partial charge in [0, 0.05) is 17.0 Å². The molecule has 0 aliphatic heterocycles. The maximum atomic E-state index is 11.5. The fraction of sp³-hybridized carbons (Fsp3) is 0.273. The zero-order valence-corrected chi connectivity index (χ0v) is 11.3. The predicted octanol–water partition coefficient (Wildman–Crippen LogP) is 2.47. The maximum Gasteiger partial charge on any atom is 0.294 e. The van der Waals surface area contributed by atoms with E-state index in [1.165, 1.54) is 18.2 Å². The lowest BCUT2D eigenvalue weighted by Crippen LogP contribution is -2.35. The van der Waals surface area contributed by atoms with E-state index >= 15 is 0 Å². The highest BCUT2D eigenvalue weighted by Gasteiger charge is 2.30. The van der Waals surface area contributed by atoms with Gasteiger partial charge < -0.3 is 10.6 Å². The Bertz CT molecular complexity index is 560. The summed E-state index contributed by atoms with van der Waals surface area (Å²) in [6.45, 7) is 0. The number of benzene rings is 1. The van der Waals surface area contributed by atoms with Crippen molar-refractivity contribution in [2.75, 3.05) is 5.32 Å². The summed E-state index contributed by atoms with van der Waals surface area (Å²) in [7, 11) is 0. The SMILES string of the molecule is O=C(NC(=S)Nc1ccc(Cl)cc1[N+](=O)[O-])C1CC1. The van der Waals surface area contributed by atoms with Crippen LogP contribution in [0.1, 0.15) is 12.8 Å². The summed E-state index contributed by atoms with van der Waals surface area (Å²) in [6.07, 6.45) is 1.71. The predicted molar refractivity (Wildman–Crippen MR) is 75.2 cm³/mol. The van der Waals surface area contributed by atoms with Crippen molar-refractivity contribution in [2.24, 2.45) is 5.92 Å². The third-order valence-corrected chi connectivity index (χ3v) is 3.03. The molecule has 8 heteroatoms. The third kappa shape index (κ3) is 3.62. The van der Waals surface area contributed by atoms with Crippen molar-refractivity contribution in [3.63, 3.8) is 0 Å². The Morgan fingerprint density at radius 3 is 2.74 bits per heavy atom. The quantitative estimate of drug-likeness (QED) is 0.509. The van der Waals surface area contributed by atoms with Crippen molar-refractivity contribution in [2.45, 2.75) is 12.8 Å². The van der Waals surface area contributed by atoms with E-state index in [2.05, 4.69) is 10.6 Å². The summed E-state index contributed by atoms with van der Waals surface area (Å²) in [4.78, 5) is 21.8. The molecule has 0 bridgehead atoms. The molecule has 1 amide bonds. The molecule has 0 unspecified atom stereocenters. The molecule has 19 heavy (non-hydrogen) atoms. The summed E-state index contributed by atoms with van der Waals surface area (Å²) in [6, 6.07) is 4.16. The first-order valence-electron chi connectivity index (χ1n) is 5.53. The van der Waals surface area contributed by atoms with Gasteiger partial charge >= 0.3 is 0 Å². The molecule has 1 aromatic carbocycles. The molecule has 0 atom stereocenters. The number of carbonyl (C=O) groups excluding carboxylic acids is 1. The highest BCUT2D eigenvalue weighted by molar-refractivity contribution is 7.80. The minimum absolute atomic E-state index is 0.0138. The van der Waals surface area contributed by atoms with Gasteiger partial charge in [0.1, 0.15) is 5.69 Å². The molecule has 1 aliphatic rings. The van der Waals surface area contributed by atoms with E-state index in [1.54, 1.807) is 0 Å². The van der Waals surface area contributed by atoms with Gasteiger partial charge in [0.15, 0.2) is 5.11 Å². The Kier molecular flexibility index (Phi) is 3.96. The highest BCUT2D eigenvalue weighted by atomic mass is 35.5. The Labute approximate surface area is 119 Å². The van der Waals surface area contributed by atoms with Gasteiger partial charge in [0.2, 0.25) is 5.91 Å². The molecule has 0 saturated heterocycles. The van der Waals surface area contributed by atoms with E-state index in [1.807, 2.05) is 0 Å². The van der Waals surface area contributed by atoms with E-state index in [0.717, 1.165) is 12.8 Å². The van der Waals surface area contributed by atoms with E-state index < -0.39 is 4.92 Å². The molecule has 0 heterocycles. The number of rotatable bonds is 3. The first kappa shape index (κ1) is 13.7. The van der Waals surface area contributed by atoms with Gasteiger partial charge in [0.05, 0.1) is 4.92 Å². The second-order valence-corrected chi connectivity index (χ2v) is 4.98. The van der Waals surface area contributed by atoms with Gasteiger partial charge in [-0.2, -0.15) is 0 Å². The summed E-state index contributed by atoms with van der Waals surface area (Å²) < 4.78 is 0. The third-order valence-electron chi connectivity index (χ3n) is 2.59. The number of amides is 1. The van der Waals surface area contributed by atoms with Gasteiger partial charge in [-0.1, -0.05) is 11.6 Å². The van der Waals surface area contributed by atoms with Crippen LogP contribution in [0.15, 0.2) is 18.2 Å². The van der Waals surface area contributed by atoms with E-state index in [9.17, 15) is 14.9 Å². The first-order chi connectivity index (χ1) is 8.97. The fourth-order valence-corrected chi connectivity index (χ4v) is 1.85. The zero-order chi connectivity index (χ0) is 14.0. The second-order valence-electron chi connectivity index (χ2n) is 4.14. The van der Waals surface area contributed by atoms with Crippen LogP contribution in [-0.4, -0.2) is 15.9 Å². The first-order valence-corrected chi connectivity index (χ1v) is 6.32. The average Bonchev–Trinajstić information content (AvgIpc) is 3.15. The average molecular weight is 300 g/mol. The Morgan fingerprint density at radius 2 is 2.16 bits per heavy atom. The van der Waals surface area contributed by atoms with E-state index in [0.29, 0.717) is 0 Å². The van der Waals surface area contributed by atoms with Crippen LogP contribution in [-0.2, 0) is 4.79 Å². The molecule has 6 nitrogen and oxygen atoms in total. The molecule has 1 aliphatic carbocycles. The number of anilines is 1. The van der Waals surface area contributed by atoms with Crippen LogP contribution in [0.25, 0.3) is 0 Å². The molecule has 1 aromatic rings. The molecule has 1 fully saturated rings. The molecule has 2 rings (SSSR count). The van der Waals surface area contributed by atoms with Crippen LogP contribution < -0.4 is 10.6 Å². The minimum Gasteiger partial charge on any atom is -0.327 e. The number of nitro groups is 1.